The second-order valence-corrected chi connectivity index (χ2v) is 7.37. The summed E-state index contributed by atoms with van der Waals surface area (Å²) in [4.78, 5) is 23.7. The lowest BCUT2D eigenvalue weighted by atomic mass is 9.77. The number of benzene rings is 1. The molecule has 2 heteroatoms. The van der Waals surface area contributed by atoms with Crippen molar-refractivity contribution in [1.29, 1.82) is 0 Å². The average molecular weight is 328 g/mol. The van der Waals surface area contributed by atoms with E-state index in [0.29, 0.717) is 18.1 Å². The highest BCUT2D eigenvalue weighted by Gasteiger charge is 2.24. The average Bonchev–Trinajstić information content (AvgIpc) is 2.61. The number of hydrogen-bond donors (Lipinski definition) is 0. The Kier molecular flexibility index (Phi) is 7.68. The van der Waals surface area contributed by atoms with Crippen molar-refractivity contribution in [2.24, 2.45) is 5.92 Å². The molecule has 0 N–H and O–H groups in total. The van der Waals surface area contributed by atoms with E-state index in [4.69, 9.17) is 0 Å². The second-order valence-electron chi connectivity index (χ2n) is 7.37. The monoisotopic (exact) mass is 328 g/mol. The third-order valence-electron chi connectivity index (χ3n) is 5.51. The van der Waals surface area contributed by atoms with Crippen molar-refractivity contribution >= 4 is 11.6 Å². The summed E-state index contributed by atoms with van der Waals surface area (Å²) in [5.74, 6) is 1.44. The Morgan fingerprint density at radius 3 is 2.12 bits per heavy atom. The smallest absolute Gasteiger partial charge is 0.162 e. The topological polar surface area (TPSA) is 34.1 Å². The number of unbranched alkanes of at least 4 members (excludes halogenated alkanes) is 4. The van der Waals surface area contributed by atoms with Gasteiger partial charge in [-0.05, 0) is 50.5 Å². The fourth-order valence-electron chi connectivity index (χ4n) is 3.81. The molecule has 0 unspecified atom stereocenters. The molecule has 0 heterocycles. The molecule has 132 valence electrons. The molecule has 0 atom stereocenters. The molecule has 1 aromatic carbocycles. The molecule has 0 aromatic heterocycles. The molecule has 1 saturated carbocycles. The van der Waals surface area contributed by atoms with Gasteiger partial charge in [0.25, 0.3) is 0 Å². The summed E-state index contributed by atoms with van der Waals surface area (Å²) in [6, 6.07) is 8.26. The van der Waals surface area contributed by atoms with Crippen molar-refractivity contribution in [3.8, 4) is 0 Å². The van der Waals surface area contributed by atoms with E-state index >= 15 is 0 Å². The van der Waals surface area contributed by atoms with Crippen LogP contribution in [0.2, 0.25) is 0 Å². The minimum Gasteiger partial charge on any atom is -0.300 e. The van der Waals surface area contributed by atoms with Gasteiger partial charge in [-0.25, -0.2) is 0 Å². The first-order valence-corrected chi connectivity index (χ1v) is 9.75. The van der Waals surface area contributed by atoms with Gasteiger partial charge < -0.3 is 0 Å². The van der Waals surface area contributed by atoms with Crippen LogP contribution in [0.5, 0.6) is 0 Å². The minimum absolute atomic E-state index is 0.273. The van der Waals surface area contributed by atoms with Gasteiger partial charge in [-0.2, -0.15) is 0 Å². The first-order valence-electron chi connectivity index (χ1n) is 9.75. The van der Waals surface area contributed by atoms with Gasteiger partial charge in [0.1, 0.15) is 5.78 Å². The van der Waals surface area contributed by atoms with Crippen LogP contribution in [0.1, 0.15) is 99.9 Å². The Bertz CT molecular complexity index is 521. The fraction of sp³-hybridized carbons (Fsp3) is 0.636. The van der Waals surface area contributed by atoms with Gasteiger partial charge in [0.05, 0.1) is 0 Å². The summed E-state index contributed by atoms with van der Waals surface area (Å²) in [6.07, 6.45) is 10.8. The van der Waals surface area contributed by atoms with Crippen molar-refractivity contribution < 1.29 is 9.59 Å². The Morgan fingerprint density at radius 1 is 0.917 bits per heavy atom. The van der Waals surface area contributed by atoms with Gasteiger partial charge in [0.15, 0.2) is 5.78 Å². The maximum absolute atomic E-state index is 12.2. The zero-order chi connectivity index (χ0) is 17.4. The van der Waals surface area contributed by atoms with Gasteiger partial charge >= 0.3 is 0 Å². The Labute approximate surface area is 147 Å². The predicted molar refractivity (Wildman–Crippen MR) is 99.5 cm³/mol. The second kappa shape index (κ2) is 9.76. The highest BCUT2D eigenvalue weighted by Crippen LogP contribution is 2.36. The molecule has 0 saturated heterocycles. The van der Waals surface area contributed by atoms with Gasteiger partial charge in [-0.3, -0.25) is 9.59 Å². The molecule has 24 heavy (non-hydrogen) atoms. The van der Waals surface area contributed by atoms with Crippen molar-refractivity contribution in [2.45, 2.75) is 84.0 Å². The molecule has 2 nitrogen and oxygen atoms in total. The number of Topliss-reactive ketones (excluding diaryl/α,β-unsaturated/α-hetero) is 2. The molecule has 0 amide bonds. The molecule has 1 fully saturated rings. The molecule has 1 aromatic rings. The van der Waals surface area contributed by atoms with Crippen LogP contribution in [-0.2, 0) is 4.79 Å². The fourth-order valence-corrected chi connectivity index (χ4v) is 3.81. The van der Waals surface area contributed by atoms with Gasteiger partial charge in [0.2, 0.25) is 0 Å². The third kappa shape index (κ3) is 5.58. The van der Waals surface area contributed by atoms with Crippen LogP contribution in [0.3, 0.4) is 0 Å². The van der Waals surface area contributed by atoms with Crippen LogP contribution in [-0.4, -0.2) is 11.6 Å². The lowest BCUT2D eigenvalue weighted by Gasteiger charge is -2.27. The first-order chi connectivity index (χ1) is 11.6. The number of rotatable bonds is 9. The summed E-state index contributed by atoms with van der Waals surface area (Å²) in [7, 11) is 0. The maximum atomic E-state index is 12.2. The third-order valence-corrected chi connectivity index (χ3v) is 5.51. The normalized spacial score (nSPS) is 20.8. The van der Waals surface area contributed by atoms with Crippen LogP contribution < -0.4 is 0 Å². The van der Waals surface area contributed by atoms with Crippen LogP contribution in [0.15, 0.2) is 24.3 Å². The molecule has 0 bridgehead atoms. The Balaban J connectivity index is 1.80. The highest BCUT2D eigenvalue weighted by atomic mass is 16.1. The summed E-state index contributed by atoms with van der Waals surface area (Å²) < 4.78 is 0. The highest BCUT2D eigenvalue weighted by molar-refractivity contribution is 5.96. The van der Waals surface area contributed by atoms with E-state index in [-0.39, 0.29) is 11.7 Å². The van der Waals surface area contributed by atoms with E-state index < -0.39 is 0 Å². The Hall–Kier alpha value is -1.44. The van der Waals surface area contributed by atoms with Crippen molar-refractivity contribution in [3.63, 3.8) is 0 Å². The maximum Gasteiger partial charge on any atom is 0.162 e. The summed E-state index contributed by atoms with van der Waals surface area (Å²) >= 11 is 0. The van der Waals surface area contributed by atoms with E-state index in [0.717, 1.165) is 44.1 Å². The number of carbonyl (C=O) groups excluding carboxylic acids is 2. The summed E-state index contributed by atoms with van der Waals surface area (Å²) in [5, 5.41) is 0. The standard InChI is InChI=1S/C22H32O2/c1-3-4-5-6-7-8-22(24)21-15-13-20(14-16-21)19-11-9-18(10-12-19)17(2)23/h13-16,18-19H,3-12H2,1-2H3. The van der Waals surface area contributed by atoms with Crippen LogP contribution >= 0.6 is 0 Å². The van der Waals surface area contributed by atoms with E-state index in [9.17, 15) is 9.59 Å². The molecular formula is C22H32O2. The number of hydrogen-bond acceptors (Lipinski definition) is 2. The quantitative estimate of drug-likeness (QED) is 0.406. The number of carbonyl (C=O) groups is 2. The van der Waals surface area contributed by atoms with Crippen LogP contribution in [0, 0.1) is 5.92 Å². The van der Waals surface area contributed by atoms with E-state index in [2.05, 4.69) is 19.1 Å². The Morgan fingerprint density at radius 2 is 1.54 bits per heavy atom. The first kappa shape index (κ1) is 18.9. The SMILES string of the molecule is CCCCCCCC(=O)c1ccc(C2CCC(C(C)=O)CC2)cc1. The van der Waals surface area contributed by atoms with E-state index in [1.807, 2.05) is 12.1 Å². The zero-order valence-electron chi connectivity index (χ0n) is 15.4. The van der Waals surface area contributed by atoms with E-state index in [1.165, 1.54) is 24.8 Å². The molecule has 2 rings (SSSR count). The van der Waals surface area contributed by atoms with Crippen LogP contribution in [0.4, 0.5) is 0 Å². The van der Waals surface area contributed by atoms with Crippen molar-refractivity contribution in [3.05, 3.63) is 35.4 Å². The van der Waals surface area contributed by atoms with Gasteiger partial charge in [0, 0.05) is 17.9 Å². The summed E-state index contributed by atoms with van der Waals surface area (Å²) in [6.45, 7) is 3.92. The molecule has 1 aliphatic carbocycles. The van der Waals surface area contributed by atoms with E-state index in [1.54, 1.807) is 6.92 Å². The number of ketones is 2. The minimum atomic E-state index is 0.273. The van der Waals surface area contributed by atoms with Crippen LogP contribution in [0.25, 0.3) is 0 Å². The van der Waals surface area contributed by atoms with Crippen molar-refractivity contribution in [1.82, 2.24) is 0 Å². The molecule has 0 radical (unpaired) electrons. The summed E-state index contributed by atoms with van der Waals surface area (Å²) in [5.41, 5.74) is 2.18. The molecule has 1 aliphatic rings. The molecule has 0 spiro atoms. The van der Waals surface area contributed by atoms with Gasteiger partial charge in [-0.1, -0.05) is 56.9 Å². The molecule has 0 aliphatic heterocycles. The van der Waals surface area contributed by atoms with Crippen molar-refractivity contribution in [2.75, 3.05) is 0 Å². The zero-order valence-corrected chi connectivity index (χ0v) is 15.4. The largest absolute Gasteiger partial charge is 0.300 e. The molecular weight excluding hydrogens is 296 g/mol. The van der Waals surface area contributed by atoms with Gasteiger partial charge in [-0.15, -0.1) is 0 Å². The lowest BCUT2D eigenvalue weighted by Crippen LogP contribution is -2.18. The lowest BCUT2D eigenvalue weighted by molar-refractivity contribution is -0.121. The predicted octanol–water partition coefficient (Wildman–Crippen LogP) is 6.09.